The largest absolute Gasteiger partial charge is 0.382 e. The highest BCUT2D eigenvalue weighted by Crippen LogP contribution is 2.27. The minimum absolute atomic E-state index is 0.504. The molecule has 0 saturated heterocycles. The number of aliphatic imine (C=N–C) groups is 1. The molecule has 0 bridgehead atoms. The molecule has 5 nitrogen and oxygen atoms in total. The minimum Gasteiger partial charge on any atom is -0.382 e. The molecule has 3 N–H and O–H groups in total. The summed E-state index contributed by atoms with van der Waals surface area (Å²) in [5.41, 5.74) is 9.98. The summed E-state index contributed by atoms with van der Waals surface area (Å²) in [5, 5.41) is 3.27. The summed E-state index contributed by atoms with van der Waals surface area (Å²) in [4.78, 5) is 4.41. The molecule has 0 radical (unpaired) electrons. The highest BCUT2D eigenvalue weighted by molar-refractivity contribution is 5.93. The van der Waals surface area contributed by atoms with Gasteiger partial charge in [-0.2, -0.15) is 0 Å². The van der Waals surface area contributed by atoms with E-state index < -0.39 is 0 Å². The quantitative estimate of drug-likeness (QED) is 0.417. The van der Waals surface area contributed by atoms with E-state index in [-0.39, 0.29) is 0 Å². The molecule has 0 amide bonds. The number of methoxy groups -OCH3 is 1. The number of fused-ring (bicyclic) bond motifs is 1. The Balaban J connectivity index is 1.71. The lowest BCUT2D eigenvalue weighted by Gasteiger charge is -2.19. The maximum atomic E-state index is 6.01. The maximum Gasteiger partial charge on any atom is 0.193 e. The number of ether oxygens (including phenoxy) is 2. The molecule has 2 rings (SSSR count). The van der Waals surface area contributed by atoms with E-state index in [1.165, 1.54) is 30.4 Å². The summed E-state index contributed by atoms with van der Waals surface area (Å²) in [5.74, 6) is 0.504. The van der Waals surface area contributed by atoms with E-state index in [1.807, 2.05) is 0 Å². The van der Waals surface area contributed by atoms with Crippen molar-refractivity contribution in [2.45, 2.75) is 38.5 Å². The summed E-state index contributed by atoms with van der Waals surface area (Å²) in [6, 6.07) is 6.41. The minimum atomic E-state index is 0.504. The number of nitrogens with one attached hydrogen (secondary N) is 1. The van der Waals surface area contributed by atoms with Gasteiger partial charge in [-0.1, -0.05) is 12.1 Å². The molecule has 0 heterocycles. The zero-order chi connectivity index (χ0) is 16.3. The number of hydrogen-bond acceptors (Lipinski definition) is 3. The van der Waals surface area contributed by atoms with Crippen molar-refractivity contribution in [3.05, 3.63) is 29.3 Å². The SMILES string of the molecule is COCCOCCCCN=C(N)Nc1cccc2c1CCCC2. The fourth-order valence-corrected chi connectivity index (χ4v) is 2.84. The van der Waals surface area contributed by atoms with Crippen molar-refractivity contribution in [2.24, 2.45) is 10.7 Å². The van der Waals surface area contributed by atoms with Crippen LogP contribution >= 0.6 is 0 Å². The van der Waals surface area contributed by atoms with Crippen molar-refractivity contribution in [3.63, 3.8) is 0 Å². The van der Waals surface area contributed by atoms with Gasteiger partial charge in [0.1, 0.15) is 0 Å². The van der Waals surface area contributed by atoms with E-state index in [0.717, 1.165) is 38.1 Å². The molecule has 5 heteroatoms. The number of hydrogen-bond donors (Lipinski definition) is 2. The Morgan fingerprint density at radius 3 is 2.91 bits per heavy atom. The Labute approximate surface area is 139 Å². The van der Waals surface area contributed by atoms with Crippen molar-refractivity contribution >= 4 is 11.6 Å². The van der Waals surface area contributed by atoms with Gasteiger partial charge in [0.05, 0.1) is 13.2 Å². The van der Waals surface area contributed by atoms with E-state index >= 15 is 0 Å². The van der Waals surface area contributed by atoms with Gasteiger partial charge >= 0.3 is 0 Å². The van der Waals surface area contributed by atoms with Crippen molar-refractivity contribution < 1.29 is 9.47 Å². The Bertz CT molecular complexity index is 503. The smallest absolute Gasteiger partial charge is 0.193 e. The molecule has 128 valence electrons. The number of anilines is 1. The Kier molecular flexibility index (Phi) is 7.90. The number of unbranched alkanes of at least 4 members (excludes halogenated alkanes) is 1. The first-order chi connectivity index (χ1) is 11.3. The molecule has 1 aliphatic carbocycles. The lowest BCUT2D eigenvalue weighted by molar-refractivity contribution is 0.0690. The van der Waals surface area contributed by atoms with Crippen LogP contribution < -0.4 is 11.1 Å². The number of rotatable bonds is 9. The van der Waals surface area contributed by atoms with Crippen molar-refractivity contribution in [1.82, 2.24) is 0 Å². The summed E-state index contributed by atoms with van der Waals surface area (Å²) in [6.45, 7) is 2.78. The van der Waals surface area contributed by atoms with Gasteiger partial charge in [0.15, 0.2) is 5.96 Å². The topological polar surface area (TPSA) is 68.9 Å². The summed E-state index contributed by atoms with van der Waals surface area (Å²) < 4.78 is 10.3. The van der Waals surface area contributed by atoms with Gasteiger partial charge in [-0.05, 0) is 55.7 Å². The zero-order valence-corrected chi connectivity index (χ0v) is 14.1. The second-order valence-electron chi connectivity index (χ2n) is 5.85. The van der Waals surface area contributed by atoms with Gasteiger partial charge in [-0.3, -0.25) is 4.99 Å². The molecule has 0 aliphatic heterocycles. The highest BCUT2D eigenvalue weighted by Gasteiger charge is 2.12. The zero-order valence-electron chi connectivity index (χ0n) is 14.1. The maximum absolute atomic E-state index is 6.01. The first kappa shape index (κ1) is 17.8. The fourth-order valence-electron chi connectivity index (χ4n) is 2.84. The molecule has 1 aromatic rings. The van der Waals surface area contributed by atoms with E-state index in [1.54, 1.807) is 7.11 Å². The molecule has 1 aliphatic rings. The molecule has 0 unspecified atom stereocenters. The predicted molar refractivity (Wildman–Crippen MR) is 95.1 cm³/mol. The lowest BCUT2D eigenvalue weighted by Crippen LogP contribution is -2.24. The second-order valence-corrected chi connectivity index (χ2v) is 5.85. The van der Waals surface area contributed by atoms with Gasteiger partial charge in [0.2, 0.25) is 0 Å². The molecule has 0 saturated carbocycles. The number of aryl methyl sites for hydroxylation is 1. The van der Waals surface area contributed by atoms with Crippen molar-refractivity contribution in [3.8, 4) is 0 Å². The summed E-state index contributed by atoms with van der Waals surface area (Å²) in [7, 11) is 1.68. The number of nitrogens with two attached hydrogens (primary N) is 1. The van der Waals surface area contributed by atoms with Crippen LogP contribution in [0.3, 0.4) is 0 Å². The first-order valence-electron chi connectivity index (χ1n) is 8.55. The molecule has 23 heavy (non-hydrogen) atoms. The predicted octanol–water partition coefficient (Wildman–Crippen LogP) is 2.74. The van der Waals surface area contributed by atoms with Crippen LogP contribution in [0.15, 0.2) is 23.2 Å². The molecule has 0 spiro atoms. The second kappa shape index (κ2) is 10.2. The Morgan fingerprint density at radius 2 is 2.04 bits per heavy atom. The van der Waals surface area contributed by atoms with Crippen LogP contribution in [0.5, 0.6) is 0 Å². The van der Waals surface area contributed by atoms with Crippen LogP contribution in [-0.4, -0.2) is 39.4 Å². The van der Waals surface area contributed by atoms with E-state index in [2.05, 4.69) is 28.5 Å². The van der Waals surface area contributed by atoms with Gasteiger partial charge in [0, 0.05) is 25.9 Å². The average molecular weight is 319 g/mol. The molecular formula is C18H29N3O2. The third-order valence-electron chi connectivity index (χ3n) is 4.07. The Morgan fingerprint density at radius 1 is 1.17 bits per heavy atom. The van der Waals surface area contributed by atoms with Crippen LogP contribution in [0.1, 0.15) is 36.8 Å². The van der Waals surface area contributed by atoms with Crippen molar-refractivity contribution in [2.75, 3.05) is 38.8 Å². The van der Waals surface area contributed by atoms with Crippen molar-refractivity contribution in [1.29, 1.82) is 0 Å². The molecular weight excluding hydrogens is 290 g/mol. The number of benzene rings is 1. The van der Waals surface area contributed by atoms with Crippen LogP contribution in [0.4, 0.5) is 5.69 Å². The van der Waals surface area contributed by atoms with Crippen LogP contribution in [0, 0.1) is 0 Å². The number of guanidine groups is 1. The number of nitrogens with zero attached hydrogens (tertiary/aromatic N) is 1. The normalized spacial score (nSPS) is 14.6. The lowest BCUT2D eigenvalue weighted by atomic mass is 9.90. The van der Waals surface area contributed by atoms with Gasteiger partial charge in [-0.15, -0.1) is 0 Å². The monoisotopic (exact) mass is 319 g/mol. The van der Waals surface area contributed by atoms with Crippen LogP contribution in [0.25, 0.3) is 0 Å². The third kappa shape index (κ3) is 6.20. The fraction of sp³-hybridized carbons (Fsp3) is 0.611. The molecule has 0 atom stereocenters. The summed E-state index contributed by atoms with van der Waals surface area (Å²) >= 11 is 0. The molecule has 0 aromatic heterocycles. The van der Waals surface area contributed by atoms with E-state index in [4.69, 9.17) is 15.2 Å². The Hall–Kier alpha value is -1.59. The van der Waals surface area contributed by atoms with Gasteiger partial charge < -0.3 is 20.5 Å². The molecule has 1 aromatic carbocycles. The van der Waals surface area contributed by atoms with Crippen LogP contribution in [-0.2, 0) is 22.3 Å². The van der Waals surface area contributed by atoms with Crippen LogP contribution in [0.2, 0.25) is 0 Å². The standard InChI is InChI=1S/C18H29N3O2/c1-22-13-14-23-12-5-4-11-20-18(19)21-17-10-6-8-15-7-2-3-9-16(15)17/h6,8,10H,2-5,7,9,11-14H2,1H3,(H3,19,20,21). The highest BCUT2D eigenvalue weighted by atomic mass is 16.5. The van der Waals surface area contributed by atoms with Gasteiger partial charge in [0.25, 0.3) is 0 Å². The first-order valence-corrected chi connectivity index (χ1v) is 8.55. The molecule has 0 fully saturated rings. The van der Waals surface area contributed by atoms with Gasteiger partial charge in [-0.25, -0.2) is 0 Å². The summed E-state index contributed by atoms with van der Waals surface area (Å²) in [6.07, 6.45) is 6.80. The third-order valence-corrected chi connectivity index (χ3v) is 4.07. The van der Waals surface area contributed by atoms with E-state index in [9.17, 15) is 0 Å². The average Bonchev–Trinajstić information content (AvgIpc) is 2.57. The van der Waals surface area contributed by atoms with E-state index in [0.29, 0.717) is 19.2 Å².